The third-order valence-corrected chi connectivity index (χ3v) is 4.13. The first-order chi connectivity index (χ1) is 14.1. The Kier molecular flexibility index (Phi) is 8.00. The van der Waals surface area contributed by atoms with E-state index in [9.17, 15) is 9.59 Å². The van der Waals surface area contributed by atoms with Crippen LogP contribution in [0.2, 0.25) is 4.47 Å². The summed E-state index contributed by atoms with van der Waals surface area (Å²) in [5.41, 5.74) is -0.553. The van der Waals surface area contributed by atoms with Gasteiger partial charge in [-0.2, -0.15) is 9.97 Å². The molecule has 0 spiro atoms. The van der Waals surface area contributed by atoms with Crippen LogP contribution in [-0.4, -0.2) is 59.9 Å². The summed E-state index contributed by atoms with van der Waals surface area (Å²) >= 11 is 6.83. The molecule has 1 amide bonds. The van der Waals surface area contributed by atoms with Crippen LogP contribution in [-0.2, 0) is 4.74 Å². The molecule has 0 fully saturated rings. The number of nitrogens with zero attached hydrogens (tertiary/aromatic N) is 3. The van der Waals surface area contributed by atoms with E-state index < -0.39 is 17.7 Å². The number of carbonyl (C=O) groups excluding carboxylic acids is 2. The van der Waals surface area contributed by atoms with Crippen molar-refractivity contribution in [3.8, 4) is 17.5 Å². The monoisotopic (exact) mass is 459 g/mol. The second kappa shape index (κ2) is 10.3. The molecule has 0 aliphatic heterocycles. The molecule has 164 valence electrons. The van der Waals surface area contributed by atoms with Crippen molar-refractivity contribution in [2.45, 2.75) is 26.4 Å². The fraction of sp³-hybridized carbons (Fsp3) is 0.471. The smallest absolute Gasteiger partial charge is 0.407 e. The summed E-state index contributed by atoms with van der Waals surface area (Å²) in [6, 6.07) is 0. The zero-order valence-corrected chi connectivity index (χ0v) is 18.6. The summed E-state index contributed by atoms with van der Waals surface area (Å²) in [6.45, 7) is 5.87. The Labute approximate surface area is 182 Å². The molecular weight excluding hydrogens is 438 g/mol. The first-order valence-corrected chi connectivity index (χ1v) is 9.92. The van der Waals surface area contributed by atoms with Crippen LogP contribution < -0.4 is 24.8 Å². The van der Waals surface area contributed by atoms with Crippen molar-refractivity contribution >= 4 is 40.9 Å². The van der Waals surface area contributed by atoms with Gasteiger partial charge in [0.25, 0.3) is 17.5 Å². The van der Waals surface area contributed by atoms with Crippen molar-refractivity contribution in [1.82, 2.24) is 20.3 Å². The minimum absolute atomic E-state index is 0.0286. The molecule has 2 aromatic heterocycles. The van der Waals surface area contributed by atoms with Crippen molar-refractivity contribution in [2.24, 2.45) is 0 Å². The molecule has 2 aromatic rings. The number of carbonyl (C=O) groups is 2. The van der Waals surface area contributed by atoms with Gasteiger partial charge in [-0.25, -0.2) is 14.6 Å². The largest absolute Gasteiger partial charge is 0.478 e. The summed E-state index contributed by atoms with van der Waals surface area (Å²) in [6.07, 6.45) is -0.537. The van der Waals surface area contributed by atoms with E-state index in [1.54, 1.807) is 20.8 Å². The third-order valence-electron chi connectivity index (χ3n) is 3.15. The summed E-state index contributed by atoms with van der Waals surface area (Å²) in [4.78, 5) is 36.0. The van der Waals surface area contributed by atoms with Crippen molar-refractivity contribution in [3.05, 3.63) is 15.5 Å². The molecule has 0 unspecified atom stereocenters. The van der Waals surface area contributed by atoms with E-state index in [-0.39, 0.29) is 40.2 Å². The maximum absolute atomic E-state index is 12.3. The molecule has 0 radical (unpaired) electrons. The van der Waals surface area contributed by atoms with E-state index >= 15 is 0 Å². The number of esters is 1. The van der Waals surface area contributed by atoms with Crippen molar-refractivity contribution in [2.75, 3.05) is 32.6 Å². The normalized spacial score (nSPS) is 10.9. The topological polar surface area (TPSA) is 134 Å². The molecule has 0 saturated heterocycles. The van der Waals surface area contributed by atoms with Gasteiger partial charge in [0.15, 0.2) is 10.2 Å². The predicted molar refractivity (Wildman–Crippen MR) is 110 cm³/mol. The van der Waals surface area contributed by atoms with E-state index in [0.29, 0.717) is 6.54 Å². The average Bonchev–Trinajstić information content (AvgIpc) is 3.10. The van der Waals surface area contributed by atoms with Crippen LogP contribution >= 0.6 is 22.9 Å². The van der Waals surface area contributed by atoms with Crippen LogP contribution in [0.3, 0.4) is 0 Å². The van der Waals surface area contributed by atoms with E-state index in [0.717, 1.165) is 11.3 Å². The summed E-state index contributed by atoms with van der Waals surface area (Å²) in [7, 11) is 2.71. The van der Waals surface area contributed by atoms with Crippen molar-refractivity contribution in [1.29, 1.82) is 0 Å². The standard InChI is InChI=1S/C17H22ClN5O6S/c1-17(2,3)29-16(25)20-7-6-19-15-22-11(26-4)10(12(23-15)27-5)28-13(24)9-8-30-14(18)21-9/h8H,6-7H2,1-5H3,(H,20,25)(H,19,22,23). The fourth-order valence-electron chi connectivity index (χ4n) is 2.00. The quantitative estimate of drug-likeness (QED) is 0.448. The summed E-state index contributed by atoms with van der Waals surface area (Å²) in [5, 5.41) is 6.96. The van der Waals surface area contributed by atoms with Gasteiger partial charge in [-0.3, -0.25) is 0 Å². The van der Waals surface area contributed by atoms with Crippen molar-refractivity contribution < 1.29 is 28.5 Å². The highest BCUT2D eigenvalue weighted by atomic mass is 35.5. The van der Waals surface area contributed by atoms with Crippen LogP contribution in [0.4, 0.5) is 10.7 Å². The molecule has 30 heavy (non-hydrogen) atoms. The third kappa shape index (κ3) is 6.88. The number of ether oxygens (including phenoxy) is 4. The van der Waals surface area contributed by atoms with Gasteiger partial charge in [-0.05, 0) is 20.8 Å². The molecule has 0 aliphatic rings. The number of alkyl carbamates (subject to hydrolysis) is 1. The SMILES string of the molecule is COc1nc(NCCNC(=O)OC(C)(C)C)nc(OC)c1OC(=O)c1csc(Cl)n1. The summed E-state index contributed by atoms with van der Waals surface area (Å²) in [5.74, 6) is -0.781. The molecule has 2 heterocycles. The highest BCUT2D eigenvalue weighted by Crippen LogP contribution is 2.35. The predicted octanol–water partition coefficient (Wildman–Crippen LogP) is 2.76. The fourth-order valence-corrected chi connectivity index (χ4v) is 2.73. The molecule has 11 nitrogen and oxygen atoms in total. The number of hydrogen-bond donors (Lipinski definition) is 2. The Balaban J connectivity index is 2.03. The lowest BCUT2D eigenvalue weighted by Gasteiger charge is -2.19. The molecule has 0 saturated carbocycles. The number of nitrogens with one attached hydrogen (secondary N) is 2. The average molecular weight is 460 g/mol. The number of rotatable bonds is 8. The minimum Gasteiger partial charge on any atom is -0.478 e. The highest BCUT2D eigenvalue weighted by molar-refractivity contribution is 7.14. The number of methoxy groups -OCH3 is 2. The minimum atomic E-state index is -0.763. The maximum Gasteiger partial charge on any atom is 0.407 e. The van der Waals surface area contributed by atoms with Gasteiger partial charge in [0.1, 0.15) is 5.60 Å². The zero-order chi connectivity index (χ0) is 22.3. The lowest BCUT2D eigenvalue weighted by atomic mass is 10.2. The Morgan fingerprint density at radius 1 is 1.10 bits per heavy atom. The second-order valence-corrected chi connectivity index (χ2v) is 8.07. The lowest BCUT2D eigenvalue weighted by molar-refractivity contribution is 0.0529. The molecule has 13 heteroatoms. The number of aromatic nitrogens is 3. The first-order valence-electron chi connectivity index (χ1n) is 8.67. The van der Waals surface area contributed by atoms with Crippen molar-refractivity contribution in [3.63, 3.8) is 0 Å². The van der Waals surface area contributed by atoms with Gasteiger partial charge in [0.2, 0.25) is 5.95 Å². The highest BCUT2D eigenvalue weighted by Gasteiger charge is 2.23. The Bertz CT molecular complexity index is 876. The lowest BCUT2D eigenvalue weighted by Crippen LogP contribution is -2.35. The van der Waals surface area contributed by atoms with E-state index in [1.807, 2.05) is 0 Å². The Morgan fingerprint density at radius 2 is 1.73 bits per heavy atom. The Morgan fingerprint density at radius 3 is 2.23 bits per heavy atom. The maximum atomic E-state index is 12.3. The molecule has 0 aromatic carbocycles. The Hall–Kier alpha value is -2.86. The van der Waals surface area contributed by atoms with E-state index in [2.05, 4.69) is 25.6 Å². The van der Waals surface area contributed by atoms with Crippen LogP contribution in [0.25, 0.3) is 0 Å². The molecule has 0 aliphatic carbocycles. The number of amides is 1. The van der Waals surface area contributed by atoms with Gasteiger partial charge in [0, 0.05) is 18.5 Å². The van der Waals surface area contributed by atoms with Gasteiger partial charge < -0.3 is 29.6 Å². The van der Waals surface area contributed by atoms with Crippen LogP contribution in [0, 0.1) is 0 Å². The van der Waals surface area contributed by atoms with Gasteiger partial charge in [-0.1, -0.05) is 11.6 Å². The molecule has 0 bridgehead atoms. The van der Waals surface area contributed by atoms with E-state index in [1.165, 1.54) is 19.6 Å². The second-order valence-electron chi connectivity index (χ2n) is 6.63. The molecule has 2 rings (SSSR count). The van der Waals surface area contributed by atoms with Crippen LogP contribution in [0.5, 0.6) is 17.5 Å². The summed E-state index contributed by atoms with van der Waals surface area (Å²) < 4.78 is 21.0. The molecule has 0 atom stereocenters. The van der Waals surface area contributed by atoms with Gasteiger partial charge >= 0.3 is 12.1 Å². The van der Waals surface area contributed by atoms with Gasteiger partial charge in [0.05, 0.1) is 14.2 Å². The molecular formula is C17H22ClN5O6S. The van der Waals surface area contributed by atoms with E-state index in [4.69, 9.17) is 30.5 Å². The molecule has 2 N–H and O–H groups in total. The number of hydrogen-bond acceptors (Lipinski definition) is 11. The number of halogens is 1. The van der Waals surface area contributed by atoms with Crippen LogP contribution in [0.1, 0.15) is 31.3 Å². The first kappa shape index (κ1) is 23.4. The number of thiazole rings is 1. The van der Waals surface area contributed by atoms with Gasteiger partial charge in [-0.15, -0.1) is 11.3 Å². The van der Waals surface area contributed by atoms with Crippen LogP contribution in [0.15, 0.2) is 5.38 Å². The zero-order valence-electron chi connectivity index (χ0n) is 17.1. The number of anilines is 1.